The normalized spacial score (nSPS) is 20.1. The maximum atomic E-state index is 13.2. The van der Waals surface area contributed by atoms with Gasteiger partial charge >= 0.3 is 0 Å². The number of nitrogens with zero attached hydrogens (tertiary/aromatic N) is 3. The van der Waals surface area contributed by atoms with Gasteiger partial charge in [-0.1, -0.05) is 36.4 Å². The quantitative estimate of drug-likeness (QED) is 0.497. The Balaban J connectivity index is 1.23. The van der Waals surface area contributed by atoms with Crippen LogP contribution in [0.2, 0.25) is 0 Å². The average molecular weight is 432 g/mol. The molecule has 2 aliphatic heterocycles. The number of carbonyl (C=O) groups excluding carboxylic acids is 2. The monoisotopic (exact) mass is 432 g/mol. The largest absolute Gasteiger partial charge is 0.329 e. The van der Waals surface area contributed by atoms with Gasteiger partial charge in [0.1, 0.15) is 11.5 Å². The molecule has 4 aromatic rings. The summed E-state index contributed by atoms with van der Waals surface area (Å²) < 4.78 is 0. The molecule has 0 radical (unpaired) electrons. The minimum atomic E-state index is -0.608. The second kappa shape index (κ2) is 6.48. The van der Waals surface area contributed by atoms with E-state index in [0.717, 1.165) is 27.6 Å². The highest BCUT2D eigenvalue weighted by molar-refractivity contribution is 6.06. The zero-order chi connectivity index (χ0) is 22.2. The molecule has 1 atom stereocenters. The smallest absolute Gasteiger partial charge is 0.273 e. The lowest BCUT2D eigenvalue weighted by Crippen LogP contribution is -2.35. The first-order valence-electron chi connectivity index (χ1n) is 11.2. The van der Waals surface area contributed by atoms with Crippen LogP contribution >= 0.6 is 0 Å². The van der Waals surface area contributed by atoms with Crippen LogP contribution in [-0.2, 0) is 36.1 Å². The summed E-state index contributed by atoms with van der Waals surface area (Å²) in [6.45, 7) is 1.23. The van der Waals surface area contributed by atoms with Crippen molar-refractivity contribution in [2.24, 2.45) is 0 Å². The van der Waals surface area contributed by atoms with Gasteiger partial charge in [0.25, 0.3) is 5.91 Å². The first kappa shape index (κ1) is 18.5. The van der Waals surface area contributed by atoms with Crippen molar-refractivity contribution in [3.8, 4) is 0 Å². The molecule has 2 amide bonds. The summed E-state index contributed by atoms with van der Waals surface area (Å²) in [5, 5.41) is 3.94. The maximum absolute atomic E-state index is 13.2. The van der Waals surface area contributed by atoms with Crippen LogP contribution in [0.3, 0.4) is 0 Å². The number of fused-ring (bicyclic) bond motifs is 5. The fraction of sp³-hybridized carbons (Fsp3) is 0.185. The standard InChI is InChI=1S/C27H20N4O2/c32-25(31-14-17-4-1-2-5-18(17)15-31)22-8-7-16-10-19-12-27(13-20(19)11-23(16)29-22)21-6-3-9-28-24(21)30-26(27)33/h1-11H,12-15H2,(H,28,30,33). The van der Waals surface area contributed by atoms with Gasteiger partial charge in [-0.25, -0.2) is 9.97 Å². The highest BCUT2D eigenvalue weighted by atomic mass is 16.2. The number of aromatic nitrogens is 2. The van der Waals surface area contributed by atoms with Crippen LogP contribution in [-0.4, -0.2) is 26.7 Å². The Hall–Kier alpha value is -4.06. The molecule has 6 nitrogen and oxygen atoms in total. The number of nitrogens with one attached hydrogen (secondary N) is 1. The predicted molar refractivity (Wildman–Crippen MR) is 124 cm³/mol. The molecule has 1 unspecified atom stereocenters. The van der Waals surface area contributed by atoms with Crippen molar-refractivity contribution in [3.63, 3.8) is 0 Å². The molecule has 0 saturated carbocycles. The van der Waals surface area contributed by atoms with E-state index in [-0.39, 0.29) is 11.8 Å². The fourth-order valence-electron chi connectivity index (χ4n) is 5.65. The molecule has 0 fully saturated rings. The van der Waals surface area contributed by atoms with Crippen molar-refractivity contribution in [3.05, 3.63) is 100 Å². The van der Waals surface area contributed by atoms with Gasteiger partial charge in [-0.3, -0.25) is 9.59 Å². The highest BCUT2D eigenvalue weighted by Gasteiger charge is 2.51. The lowest BCUT2D eigenvalue weighted by Gasteiger charge is -2.20. The minimum absolute atomic E-state index is 0.00822. The number of carbonyl (C=O) groups is 2. The van der Waals surface area contributed by atoms with E-state index in [1.807, 2.05) is 41.3 Å². The SMILES string of the molecule is O=C(c1ccc2cc3c(cc2n1)CC1(C3)C(=O)Nc2ncccc21)N1Cc2ccccc2C1. The summed E-state index contributed by atoms with van der Waals surface area (Å²) in [5.74, 6) is 0.617. The van der Waals surface area contributed by atoms with E-state index < -0.39 is 5.41 Å². The van der Waals surface area contributed by atoms with Gasteiger partial charge in [-0.2, -0.15) is 0 Å². The molecule has 1 aliphatic carbocycles. The van der Waals surface area contributed by atoms with Crippen LogP contribution in [0.5, 0.6) is 0 Å². The van der Waals surface area contributed by atoms with E-state index in [4.69, 9.17) is 4.98 Å². The lowest BCUT2D eigenvalue weighted by atomic mass is 9.79. The maximum Gasteiger partial charge on any atom is 0.273 e. The Bertz CT molecular complexity index is 1490. The zero-order valence-electron chi connectivity index (χ0n) is 17.8. The molecule has 4 heterocycles. The summed E-state index contributed by atoms with van der Waals surface area (Å²) >= 11 is 0. The van der Waals surface area contributed by atoms with Crippen molar-refractivity contribution in [2.45, 2.75) is 31.3 Å². The van der Waals surface area contributed by atoms with Gasteiger partial charge in [0.2, 0.25) is 5.91 Å². The summed E-state index contributed by atoms with van der Waals surface area (Å²) in [4.78, 5) is 37.1. The lowest BCUT2D eigenvalue weighted by molar-refractivity contribution is -0.120. The van der Waals surface area contributed by atoms with Gasteiger partial charge in [-0.15, -0.1) is 0 Å². The van der Waals surface area contributed by atoms with Crippen LogP contribution in [0.15, 0.2) is 66.9 Å². The van der Waals surface area contributed by atoms with Crippen LogP contribution in [0.1, 0.15) is 38.3 Å². The number of benzene rings is 2. The summed E-state index contributed by atoms with van der Waals surface area (Å²) in [6, 6.07) is 20.0. The number of hydrogen-bond acceptors (Lipinski definition) is 4. The van der Waals surface area contributed by atoms with Gasteiger partial charge < -0.3 is 10.2 Å². The number of anilines is 1. The predicted octanol–water partition coefficient (Wildman–Crippen LogP) is 3.77. The van der Waals surface area contributed by atoms with E-state index in [2.05, 4.69) is 34.6 Å². The van der Waals surface area contributed by atoms with Gasteiger partial charge in [0, 0.05) is 30.2 Å². The molecule has 33 heavy (non-hydrogen) atoms. The van der Waals surface area contributed by atoms with Crippen LogP contribution in [0.25, 0.3) is 10.9 Å². The number of rotatable bonds is 1. The van der Waals surface area contributed by atoms with Gasteiger partial charge in [0.15, 0.2) is 0 Å². The highest BCUT2D eigenvalue weighted by Crippen LogP contribution is 2.47. The Morgan fingerprint density at radius 3 is 2.45 bits per heavy atom. The Kier molecular flexibility index (Phi) is 3.63. The van der Waals surface area contributed by atoms with Crippen molar-refractivity contribution >= 4 is 28.5 Å². The van der Waals surface area contributed by atoms with Crippen molar-refractivity contribution in [2.75, 3.05) is 5.32 Å². The second-order valence-corrected chi connectivity index (χ2v) is 9.23. The molecular formula is C27H20N4O2. The first-order chi connectivity index (χ1) is 16.1. The number of hydrogen-bond donors (Lipinski definition) is 1. The topological polar surface area (TPSA) is 75.2 Å². The van der Waals surface area contributed by atoms with Crippen molar-refractivity contribution < 1.29 is 9.59 Å². The van der Waals surface area contributed by atoms with E-state index in [9.17, 15) is 9.59 Å². The number of amides is 2. The second-order valence-electron chi connectivity index (χ2n) is 9.23. The first-order valence-corrected chi connectivity index (χ1v) is 11.2. The molecule has 2 aromatic carbocycles. The zero-order valence-corrected chi connectivity index (χ0v) is 17.8. The van der Waals surface area contributed by atoms with E-state index in [1.165, 1.54) is 11.1 Å². The van der Waals surface area contributed by atoms with Crippen LogP contribution in [0.4, 0.5) is 5.82 Å². The third-order valence-corrected chi connectivity index (χ3v) is 7.33. The minimum Gasteiger partial charge on any atom is -0.329 e. The fourth-order valence-corrected chi connectivity index (χ4v) is 5.65. The molecule has 6 heteroatoms. The Morgan fingerprint density at radius 1 is 0.909 bits per heavy atom. The average Bonchev–Trinajstić information content (AvgIpc) is 3.50. The number of pyridine rings is 2. The van der Waals surface area contributed by atoms with Crippen molar-refractivity contribution in [1.82, 2.24) is 14.9 Å². The Morgan fingerprint density at radius 2 is 1.67 bits per heavy atom. The van der Waals surface area contributed by atoms with E-state index >= 15 is 0 Å². The third-order valence-electron chi connectivity index (χ3n) is 7.33. The molecule has 160 valence electrons. The summed E-state index contributed by atoms with van der Waals surface area (Å²) in [7, 11) is 0. The molecule has 2 aromatic heterocycles. The molecule has 0 saturated heterocycles. The molecule has 1 spiro atoms. The molecule has 0 bridgehead atoms. The molecular weight excluding hydrogens is 412 g/mol. The third kappa shape index (κ3) is 2.61. The van der Waals surface area contributed by atoms with Gasteiger partial charge in [0.05, 0.1) is 10.9 Å². The summed E-state index contributed by atoms with van der Waals surface area (Å²) in [5.41, 5.74) is 6.26. The molecule has 7 rings (SSSR count). The van der Waals surface area contributed by atoms with Gasteiger partial charge in [-0.05, 0) is 59.4 Å². The molecule has 1 N–H and O–H groups in total. The molecule has 3 aliphatic rings. The van der Waals surface area contributed by atoms with E-state index in [1.54, 1.807) is 6.20 Å². The van der Waals surface area contributed by atoms with Crippen molar-refractivity contribution in [1.29, 1.82) is 0 Å². The van der Waals surface area contributed by atoms with Crippen LogP contribution in [0, 0.1) is 0 Å². The van der Waals surface area contributed by atoms with Crippen LogP contribution < -0.4 is 5.32 Å². The summed E-state index contributed by atoms with van der Waals surface area (Å²) in [6.07, 6.45) is 2.97. The Labute approximate surface area is 190 Å². The van der Waals surface area contributed by atoms with E-state index in [0.29, 0.717) is 37.4 Å².